The molecule has 3 aromatic carbocycles. The third-order valence-corrected chi connectivity index (χ3v) is 5.96. The van der Waals surface area contributed by atoms with E-state index < -0.39 is 12.0 Å². The van der Waals surface area contributed by atoms with Crippen LogP contribution in [0.25, 0.3) is 5.70 Å². The molecule has 4 aromatic rings. The van der Waals surface area contributed by atoms with Gasteiger partial charge in [-0.05, 0) is 47.9 Å². The van der Waals surface area contributed by atoms with E-state index in [1.165, 1.54) is 25.6 Å². The van der Waals surface area contributed by atoms with Crippen molar-refractivity contribution in [3.05, 3.63) is 107 Å². The third-order valence-electron chi connectivity index (χ3n) is 5.96. The van der Waals surface area contributed by atoms with E-state index in [4.69, 9.17) is 14.2 Å². The molecular formula is C28H25FN4O4. The van der Waals surface area contributed by atoms with E-state index in [1.54, 1.807) is 22.9 Å². The number of aromatic nitrogens is 3. The summed E-state index contributed by atoms with van der Waals surface area (Å²) in [7, 11) is 1.35. The van der Waals surface area contributed by atoms with Crippen LogP contribution in [0.1, 0.15) is 29.7 Å². The second kappa shape index (κ2) is 10.5. The van der Waals surface area contributed by atoms with Gasteiger partial charge in [-0.15, -0.1) is 0 Å². The molecule has 0 fully saturated rings. The standard InChI is InChI=1S/C28H25FN4O4/c1-3-36-23-15-20(11-14-22(23)37-16-18-9-12-21(29)13-10-18)26-24(27(34)35-2)25(19-7-5-4-6-8-19)32-28-30-17-31-33(26)28/h4-15,17,26H,3,16H2,1-2H3,(H,30,31,32)/t26-/m0/s1. The van der Waals surface area contributed by atoms with Gasteiger partial charge in [0, 0.05) is 0 Å². The van der Waals surface area contributed by atoms with Gasteiger partial charge in [0.25, 0.3) is 0 Å². The lowest BCUT2D eigenvalue weighted by atomic mass is 9.92. The molecule has 0 saturated carbocycles. The van der Waals surface area contributed by atoms with Crippen LogP contribution < -0.4 is 14.8 Å². The molecule has 1 aliphatic heterocycles. The van der Waals surface area contributed by atoms with Gasteiger partial charge in [-0.2, -0.15) is 10.1 Å². The summed E-state index contributed by atoms with van der Waals surface area (Å²) >= 11 is 0. The van der Waals surface area contributed by atoms with Gasteiger partial charge >= 0.3 is 5.97 Å². The normalized spacial score (nSPS) is 14.5. The average molecular weight is 501 g/mol. The minimum Gasteiger partial charge on any atom is -0.490 e. The van der Waals surface area contributed by atoms with Gasteiger partial charge in [0.2, 0.25) is 5.95 Å². The Labute approximate surface area is 213 Å². The second-order valence-corrected chi connectivity index (χ2v) is 8.26. The minimum absolute atomic E-state index is 0.242. The van der Waals surface area contributed by atoms with Crippen LogP contribution in [0, 0.1) is 5.82 Å². The molecule has 5 rings (SSSR count). The number of rotatable bonds is 8. The van der Waals surface area contributed by atoms with Gasteiger partial charge in [0.05, 0.1) is 25.0 Å². The highest BCUT2D eigenvalue weighted by atomic mass is 19.1. The first-order chi connectivity index (χ1) is 18.1. The van der Waals surface area contributed by atoms with E-state index >= 15 is 0 Å². The van der Waals surface area contributed by atoms with E-state index in [0.29, 0.717) is 35.3 Å². The van der Waals surface area contributed by atoms with Gasteiger partial charge in [-0.1, -0.05) is 48.5 Å². The number of carbonyl (C=O) groups is 1. The number of anilines is 1. The van der Waals surface area contributed by atoms with Crippen LogP contribution >= 0.6 is 0 Å². The summed E-state index contributed by atoms with van der Waals surface area (Å²) in [5.41, 5.74) is 3.34. The molecule has 1 aromatic heterocycles. The predicted molar refractivity (Wildman–Crippen MR) is 136 cm³/mol. The number of ether oxygens (including phenoxy) is 3. The number of halogens is 1. The highest BCUT2D eigenvalue weighted by molar-refractivity contribution is 6.02. The molecule has 0 radical (unpaired) electrons. The van der Waals surface area contributed by atoms with E-state index in [2.05, 4.69) is 15.4 Å². The molecule has 2 heterocycles. The van der Waals surface area contributed by atoms with Gasteiger partial charge in [-0.25, -0.2) is 13.9 Å². The summed E-state index contributed by atoms with van der Waals surface area (Å²) < 4.78 is 32.0. The van der Waals surface area contributed by atoms with Crippen molar-refractivity contribution in [3.8, 4) is 11.5 Å². The first-order valence-electron chi connectivity index (χ1n) is 11.8. The lowest BCUT2D eigenvalue weighted by Gasteiger charge is -2.29. The van der Waals surface area contributed by atoms with E-state index in [1.807, 2.05) is 49.4 Å². The summed E-state index contributed by atoms with van der Waals surface area (Å²) in [6.07, 6.45) is 1.43. The van der Waals surface area contributed by atoms with Crippen LogP contribution in [0.2, 0.25) is 0 Å². The smallest absolute Gasteiger partial charge is 0.338 e. The summed E-state index contributed by atoms with van der Waals surface area (Å²) in [5.74, 6) is 0.724. The molecule has 37 heavy (non-hydrogen) atoms. The zero-order valence-corrected chi connectivity index (χ0v) is 20.3. The van der Waals surface area contributed by atoms with Crippen LogP contribution in [0.15, 0.2) is 84.7 Å². The summed E-state index contributed by atoms with van der Waals surface area (Å²) in [6, 6.07) is 20.5. The molecule has 1 aliphatic rings. The van der Waals surface area contributed by atoms with Crippen molar-refractivity contribution < 1.29 is 23.4 Å². The monoisotopic (exact) mass is 500 g/mol. The van der Waals surface area contributed by atoms with Crippen LogP contribution in [0.5, 0.6) is 11.5 Å². The Hall–Kier alpha value is -4.66. The first-order valence-corrected chi connectivity index (χ1v) is 11.8. The van der Waals surface area contributed by atoms with Crippen LogP contribution in [-0.2, 0) is 16.1 Å². The van der Waals surface area contributed by atoms with Crippen molar-refractivity contribution in [2.75, 3.05) is 19.0 Å². The topological polar surface area (TPSA) is 87.5 Å². The minimum atomic E-state index is -0.633. The SMILES string of the molecule is CCOc1cc([C@H]2C(C(=O)OC)=C(c3ccccc3)Nc3ncnn32)ccc1OCc1ccc(F)cc1. The summed E-state index contributed by atoms with van der Waals surface area (Å²) in [6.45, 7) is 2.53. The molecular weight excluding hydrogens is 475 g/mol. The van der Waals surface area contributed by atoms with Crippen LogP contribution in [-0.4, -0.2) is 34.5 Å². The number of nitrogens with one attached hydrogen (secondary N) is 1. The lowest BCUT2D eigenvalue weighted by Crippen LogP contribution is -2.29. The quantitative estimate of drug-likeness (QED) is 0.341. The second-order valence-electron chi connectivity index (χ2n) is 8.26. The number of methoxy groups -OCH3 is 1. The van der Waals surface area contributed by atoms with Crippen molar-refractivity contribution in [3.63, 3.8) is 0 Å². The van der Waals surface area contributed by atoms with E-state index in [-0.39, 0.29) is 12.4 Å². The van der Waals surface area contributed by atoms with Crippen molar-refractivity contribution in [2.24, 2.45) is 0 Å². The van der Waals surface area contributed by atoms with Crippen molar-refractivity contribution in [1.29, 1.82) is 0 Å². The number of benzene rings is 3. The Morgan fingerprint density at radius 2 is 1.81 bits per heavy atom. The number of fused-ring (bicyclic) bond motifs is 1. The molecule has 9 heteroatoms. The molecule has 0 unspecified atom stereocenters. The zero-order chi connectivity index (χ0) is 25.8. The number of hydrogen-bond acceptors (Lipinski definition) is 7. The fourth-order valence-electron chi connectivity index (χ4n) is 4.25. The summed E-state index contributed by atoms with van der Waals surface area (Å²) in [5, 5.41) is 7.63. The molecule has 0 amide bonds. The Kier molecular flexibility index (Phi) is 6.85. The third kappa shape index (κ3) is 4.88. The first kappa shape index (κ1) is 24.1. The molecule has 1 atom stereocenters. The molecule has 0 aliphatic carbocycles. The molecule has 8 nitrogen and oxygen atoms in total. The van der Waals surface area contributed by atoms with Crippen molar-refractivity contribution >= 4 is 17.6 Å². The largest absolute Gasteiger partial charge is 0.490 e. The predicted octanol–water partition coefficient (Wildman–Crippen LogP) is 4.99. The van der Waals surface area contributed by atoms with Crippen molar-refractivity contribution in [1.82, 2.24) is 14.8 Å². The highest BCUT2D eigenvalue weighted by Crippen LogP contribution is 2.41. The Balaban J connectivity index is 1.57. The number of carbonyl (C=O) groups excluding carboxylic acids is 1. The maximum Gasteiger partial charge on any atom is 0.338 e. The maximum absolute atomic E-state index is 13.3. The van der Waals surface area contributed by atoms with Gasteiger partial charge in [0.1, 0.15) is 24.8 Å². The van der Waals surface area contributed by atoms with Crippen LogP contribution in [0.3, 0.4) is 0 Å². The molecule has 0 saturated heterocycles. The number of nitrogens with zero attached hydrogens (tertiary/aromatic N) is 3. The summed E-state index contributed by atoms with van der Waals surface area (Å²) in [4.78, 5) is 17.5. The van der Waals surface area contributed by atoms with E-state index in [0.717, 1.165) is 16.7 Å². The Morgan fingerprint density at radius 3 is 2.54 bits per heavy atom. The fourth-order valence-corrected chi connectivity index (χ4v) is 4.25. The Bertz CT molecular complexity index is 1430. The molecule has 188 valence electrons. The zero-order valence-electron chi connectivity index (χ0n) is 20.3. The Morgan fingerprint density at radius 1 is 1.03 bits per heavy atom. The fraction of sp³-hybridized carbons (Fsp3) is 0.179. The van der Waals surface area contributed by atoms with Gasteiger partial charge in [0.15, 0.2) is 11.5 Å². The van der Waals surface area contributed by atoms with Crippen molar-refractivity contribution in [2.45, 2.75) is 19.6 Å². The highest BCUT2D eigenvalue weighted by Gasteiger charge is 2.36. The molecule has 0 bridgehead atoms. The van der Waals surface area contributed by atoms with E-state index in [9.17, 15) is 9.18 Å². The average Bonchev–Trinajstić information content (AvgIpc) is 3.41. The lowest BCUT2D eigenvalue weighted by molar-refractivity contribution is -0.136. The number of hydrogen-bond donors (Lipinski definition) is 1. The molecule has 0 spiro atoms. The number of esters is 1. The van der Waals surface area contributed by atoms with Gasteiger partial charge in [-0.3, -0.25) is 0 Å². The van der Waals surface area contributed by atoms with Gasteiger partial charge < -0.3 is 19.5 Å². The molecule has 1 N–H and O–H groups in total. The van der Waals surface area contributed by atoms with Crippen LogP contribution in [0.4, 0.5) is 10.3 Å². The maximum atomic E-state index is 13.3.